The second-order valence-electron chi connectivity index (χ2n) is 7.03. The Labute approximate surface area is 196 Å². The zero-order valence-electron chi connectivity index (χ0n) is 17.4. The third-order valence-electron chi connectivity index (χ3n) is 4.74. The predicted octanol–water partition coefficient (Wildman–Crippen LogP) is 4.61. The minimum absolute atomic E-state index is 0.0792. The minimum Gasteiger partial charge on any atom is -0.457 e. The Hall–Kier alpha value is -3.80. The molecule has 34 heavy (non-hydrogen) atoms. The van der Waals surface area contributed by atoms with Gasteiger partial charge in [-0.3, -0.25) is 10.1 Å². The van der Waals surface area contributed by atoms with Gasteiger partial charge in [0.15, 0.2) is 0 Å². The highest BCUT2D eigenvalue weighted by Crippen LogP contribution is 2.31. The lowest BCUT2D eigenvalue weighted by molar-refractivity contribution is 0.0923. The van der Waals surface area contributed by atoms with Gasteiger partial charge in [0.1, 0.15) is 23.1 Å². The lowest BCUT2D eigenvalue weighted by atomic mass is 10.1. The van der Waals surface area contributed by atoms with E-state index in [0.29, 0.717) is 17.1 Å². The van der Waals surface area contributed by atoms with Crippen LogP contribution >= 0.6 is 11.3 Å². The molecule has 0 saturated heterocycles. The van der Waals surface area contributed by atoms with Crippen LogP contribution in [0.4, 0.5) is 13.9 Å². The van der Waals surface area contributed by atoms with E-state index in [9.17, 15) is 18.7 Å². The Morgan fingerprint density at radius 3 is 2.59 bits per heavy atom. The van der Waals surface area contributed by atoms with E-state index in [0.717, 1.165) is 23.0 Å². The van der Waals surface area contributed by atoms with Gasteiger partial charge in [0.25, 0.3) is 12.3 Å². The molecule has 11 heteroatoms. The first-order valence-corrected chi connectivity index (χ1v) is 10.9. The Bertz CT molecular complexity index is 1270. The number of hydrogen-bond donors (Lipinski definition) is 3. The van der Waals surface area contributed by atoms with Crippen molar-refractivity contribution in [1.82, 2.24) is 15.2 Å². The van der Waals surface area contributed by atoms with Crippen molar-refractivity contribution in [2.24, 2.45) is 0 Å². The number of aliphatic hydroxyl groups is 2. The number of rotatable bonds is 8. The number of hydrogen-bond acceptors (Lipinski definition) is 8. The Kier molecular flexibility index (Phi) is 7.16. The number of pyridine rings is 1. The fourth-order valence-corrected chi connectivity index (χ4v) is 3.49. The Morgan fingerprint density at radius 2 is 1.91 bits per heavy atom. The number of benzene rings is 2. The molecule has 0 fully saturated rings. The molecule has 2 aromatic heterocycles. The molecular weight excluding hydrogens is 466 g/mol. The summed E-state index contributed by atoms with van der Waals surface area (Å²) >= 11 is 1.09. The van der Waals surface area contributed by atoms with Crippen molar-refractivity contribution in [1.29, 1.82) is 0 Å². The van der Waals surface area contributed by atoms with Gasteiger partial charge in [-0.1, -0.05) is 17.4 Å². The molecule has 0 aliphatic carbocycles. The van der Waals surface area contributed by atoms with E-state index in [2.05, 4.69) is 20.5 Å². The summed E-state index contributed by atoms with van der Waals surface area (Å²) in [4.78, 5) is 17.0. The average molecular weight is 484 g/mol. The number of amides is 1. The van der Waals surface area contributed by atoms with Crippen LogP contribution < -0.4 is 10.1 Å². The van der Waals surface area contributed by atoms with E-state index >= 15 is 0 Å². The van der Waals surface area contributed by atoms with Crippen LogP contribution in [-0.4, -0.2) is 37.9 Å². The number of aliphatic hydroxyl groups excluding tert-OH is 2. The van der Waals surface area contributed by atoms with Crippen LogP contribution in [0.2, 0.25) is 0 Å². The summed E-state index contributed by atoms with van der Waals surface area (Å²) in [5.41, 5.74) is 2.67. The Morgan fingerprint density at radius 1 is 1.12 bits per heavy atom. The summed E-state index contributed by atoms with van der Waals surface area (Å²) in [6.45, 7) is -0.442. The molecule has 4 rings (SSSR count). The molecule has 2 heterocycles. The molecule has 0 aliphatic rings. The maximum absolute atomic E-state index is 13.2. The third-order valence-corrected chi connectivity index (χ3v) is 5.35. The van der Waals surface area contributed by atoms with Gasteiger partial charge in [0.2, 0.25) is 5.13 Å². The summed E-state index contributed by atoms with van der Waals surface area (Å²) in [6.07, 6.45) is -3.84. The standard InChI is InChI=1S/C23H18F2N4O4S/c24-21(25)14-6-9-20(16(10-14)22(32)28-23-29-26-12-34-23)33-15-7-4-13(5-8-15)17-2-1-3-18(27-17)19(31)11-30/h1-10,12,19,21,30-31H,11H2,(H,28,29,32). The fraction of sp³-hybridized carbons (Fsp3) is 0.130. The van der Waals surface area contributed by atoms with E-state index in [1.165, 1.54) is 17.6 Å². The van der Waals surface area contributed by atoms with Crippen molar-refractivity contribution >= 4 is 22.4 Å². The van der Waals surface area contributed by atoms with Gasteiger partial charge >= 0.3 is 0 Å². The largest absolute Gasteiger partial charge is 0.457 e. The quantitative estimate of drug-likeness (QED) is 0.334. The van der Waals surface area contributed by atoms with Crippen molar-refractivity contribution in [3.8, 4) is 22.8 Å². The second kappa shape index (κ2) is 10.4. The molecule has 3 N–H and O–H groups in total. The molecule has 1 amide bonds. The van der Waals surface area contributed by atoms with Crippen LogP contribution in [0.25, 0.3) is 11.3 Å². The number of aromatic nitrogens is 3. The average Bonchev–Trinajstić information content (AvgIpc) is 3.37. The molecular formula is C23H18F2N4O4S. The van der Waals surface area contributed by atoms with Crippen LogP contribution in [-0.2, 0) is 0 Å². The van der Waals surface area contributed by atoms with E-state index in [1.807, 2.05) is 0 Å². The van der Waals surface area contributed by atoms with Crippen molar-refractivity contribution in [3.05, 3.63) is 83.0 Å². The highest BCUT2D eigenvalue weighted by atomic mass is 32.1. The molecule has 0 bridgehead atoms. The molecule has 8 nitrogen and oxygen atoms in total. The van der Waals surface area contributed by atoms with Crippen molar-refractivity contribution in [2.75, 3.05) is 11.9 Å². The molecule has 0 aliphatic heterocycles. The first kappa shape index (κ1) is 23.4. The fourth-order valence-electron chi connectivity index (χ4n) is 3.05. The van der Waals surface area contributed by atoms with Crippen molar-refractivity contribution in [2.45, 2.75) is 12.5 Å². The van der Waals surface area contributed by atoms with Crippen LogP contribution in [0, 0.1) is 0 Å². The van der Waals surface area contributed by atoms with E-state index < -0.39 is 25.0 Å². The predicted molar refractivity (Wildman–Crippen MR) is 121 cm³/mol. The Balaban J connectivity index is 1.58. The number of halogens is 2. The van der Waals surface area contributed by atoms with Gasteiger partial charge in [0, 0.05) is 11.1 Å². The molecule has 2 aromatic carbocycles. The van der Waals surface area contributed by atoms with Gasteiger partial charge in [0.05, 0.1) is 23.6 Å². The number of alkyl halides is 2. The number of nitrogens with one attached hydrogen (secondary N) is 1. The smallest absolute Gasteiger partial charge is 0.263 e. The first-order valence-electron chi connectivity index (χ1n) is 9.98. The van der Waals surface area contributed by atoms with Crippen LogP contribution in [0.5, 0.6) is 11.5 Å². The molecule has 0 saturated carbocycles. The molecule has 0 radical (unpaired) electrons. The maximum Gasteiger partial charge on any atom is 0.263 e. The summed E-state index contributed by atoms with van der Waals surface area (Å²) in [6, 6.07) is 15.4. The SMILES string of the molecule is O=C(Nc1nncs1)c1cc(C(F)F)ccc1Oc1ccc(-c2cccc(C(O)CO)n2)cc1. The lowest BCUT2D eigenvalue weighted by Gasteiger charge is -2.13. The molecule has 174 valence electrons. The van der Waals surface area contributed by atoms with Gasteiger partial charge in [-0.15, -0.1) is 10.2 Å². The summed E-state index contributed by atoms with van der Waals surface area (Å²) < 4.78 is 32.3. The van der Waals surface area contributed by atoms with Crippen LogP contribution in [0.3, 0.4) is 0 Å². The summed E-state index contributed by atoms with van der Waals surface area (Å²) in [7, 11) is 0. The molecule has 4 aromatic rings. The number of ether oxygens (including phenoxy) is 1. The lowest BCUT2D eigenvalue weighted by Crippen LogP contribution is -2.13. The van der Waals surface area contributed by atoms with E-state index in [1.54, 1.807) is 42.5 Å². The van der Waals surface area contributed by atoms with Gasteiger partial charge in [-0.2, -0.15) is 0 Å². The monoisotopic (exact) mass is 484 g/mol. The summed E-state index contributed by atoms with van der Waals surface area (Å²) in [5, 5.41) is 29.0. The zero-order valence-corrected chi connectivity index (χ0v) is 18.2. The zero-order chi connectivity index (χ0) is 24.1. The van der Waals surface area contributed by atoms with E-state index in [-0.39, 0.29) is 22.0 Å². The molecule has 1 unspecified atom stereocenters. The third kappa shape index (κ3) is 5.39. The van der Waals surface area contributed by atoms with Gasteiger partial charge in [-0.25, -0.2) is 13.8 Å². The van der Waals surface area contributed by atoms with Gasteiger partial charge < -0.3 is 14.9 Å². The number of carbonyl (C=O) groups excluding carboxylic acids is 1. The van der Waals surface area contributed by atoms with Gasteiger partial charge in [-0.05, 0) is 54.6 Å². The van der Waals surface area contributed by atoms with Crippen LogP contribution in [0.15, 0.2) is 66.2 Å². The van der Waals surface area contributed by atoms with E-state index in [4.69, 9.17) is 9.84 Å². The number of nitrogens with zero attached hydrogens (tertiary/aromatic N) is 3. The highest BCUT2D eigenvalue weighted by molar-refractivity contribution is 7.13. The van der Waals surface area contributed by atoms with Crippen molar-refractivity contribution in [3.63, 3.8) is 0 Å². The molecule has 0 spiro atoms. The van der Waals surface area contributed by atoms with Crippen molar-refractivity contribution < 1.29 is 28.5 Å². The molecule has 1 atom stereocenters. The number of anilines is 1. The number of carbonyl (C=O) groups is 1. The maximum atomic E-state index is 13.2. The van der Waals surface area contributed by atoms with Crippen LogP contribution in [0.1, 0.15) is 34.1 Å². The summed E-state index contributed by atoms with van der Waals surface area (Å²) in [5.74, 6) is -0.204. The minimum atomic E-state index is -2.76. The normalized spacial score (nSPS) is 11.9. The first-order chi connectivity index (χ1) is 16.4. The highest BCUT2D eigenvalue weighted by Gasteiger charge is 2.19. The second-order valence-corrected chi connectivity index (χ2v) is 7.86. The topological polar surface area (TPSA) is 117 Å².